The van der Waals surface area contributed by atoms with Gasteiger partial charge in [0.15, 0.2) is 0 Å². The van der Waals surface area contributed by atoms with E-state index in [2.05, 4.69) is 10.1 Å². The van der Waals surface area contributed by atoms with Gasteiger partial charge in [-0.25, -0.2) is 0 Å². The van der Waals surface area contributed by atoms with Crippen LogP contribution in [0.1, 0.15) is 6.92 Å². The summed E-state index contributed by atoms with van der Waals surface area (Å²) < 4.78 is 4.58. The van der Waals surface area contributed by atoms with Crippen LogP contribution < -0.4 is 5.32 Å². The zero-order valence-electron chi connectivity index (χ0n) is 9.16. The SMILES string of the molecule is CNC(=O)CN(C)CC(C)C(=O)OC. The average molecular weight is 202 g/mol. The maximum Gasteiger partial charge on any atom is 0.309 e. The third-order valence-corrected chi connectivity index (χ3v) is 1.88. The molecular weight excluding hydrogens is 184 g/mol. The van der Waals surface area contributed by atoms with Crippen LogP contribution in [0.15, 0.2) is 0 Å². The van der Waals surface area contributed by atoms with E-state index in [4.69, 9.17) is 0 Å². The predicted molar refractivity (Wildman–Crippen MR) is 52.7 cm³/mol. The molecule has 0 aliphatic carbocycles. The van der Waals surface area contributed by atoms with Gasteiger partial charge in [0.25, 0.3) is 0 Å². The van der Waals surface area contributed by atoms with Crippen LogP contribution in [-0.4, -0.2) is 51.1 Å². The smallest absolute Gasteiger partial charge is 0.309 e. The molecule has 0 rings (SSSR count). The van der Waals surface area contributed by atoms with Crippen molar-refractivity contribution in [1.82, 2.24) is 10.2 Å². The molecule has 0 heterocycles. The van der Waals surface area contributed by atoms with Gasteiger partial charge >= 0.3 is 5.97 Å². The van der Waals surface area contributed by atoms with Crippen LogP contribution in [-0.2, 0) is 14.3 Å². The van der Waals surface area contributed by atoms with Crippen molar-refractivity contribution in [2.75, 3.05) is 34.3 Å². The molecule has 0 aromatic rings. The Bertz CT molecular complexity index is 206. The minimum absolute atomic E-state index is 0.0652. The van der Waals surface area contributed by atoms with Crippen LogP contribution in [0, 0.1) is 5.92 Å². The van der Waals surface area contributed by atoms with E-state index in [1.807, 2.05) is 0 Å². The molecule has 1 unspecified atom stereocenters. The van der Waals surface area contributed by atoms with Crippen LogP contribution >= 0.6 is 0 Å². The Morgan fingerprint density at radius 3 is 2.50 bits per heavy atom. The van der Waals surface area contributed by atoms with Crippen molar-refractivity contribution in [1.29, 1.82) is 0 Å². The minimum Gasteiger partial charge on any atom is -0.469 e. The van der Waals surface area contributed by atoms with Gasteiger partial charge in [-0.1, -0.05) is 6.92 Å². The summed E-state index contributed by atoms with van der Waals surface area (Å²) in [6, 6.07) is 0. The Morgan fingerprint density at radius 1 is 1.50 bits per heavy atom. The zero-order chi connectivity index (χ0) is 11.1. The van der Waals surface area contributed by atoms with Crippen molar-refractivity contribution in [2.24, 2.45) is 5.92 Å². The van der Waals surface area contributed by atoms with E-state index in [-0.39, 0.29) is 24.3 Å². The van der Waals surface area contributed by atoms with Gasteiger partial charge in [-0.2, -0.15) is 0 Å². The normalized spacial score (nSPS) is 12.4. The van der Waals surface area contributed by atoms with Gasteiger partial charge in [0.2, 0.25) is 5.91 Å². The summed E-state index contributed by atoms with van der Waals surface area (Å²) in [5.74, 6) is -0.534. The Balaban J connectivity index is 3.87. The number of likely N-dealkylation sites (N-methyl/N-ethyl adjacent to an activating group) is 2. The molecule has 0 aromatic heterocycles. The topological polar surface area (TPSA) is 58.6 Å². The lowest BCUT2D eigenvalue weighted by Gasteiger charge is -2.18. The number of methoxy groups -OCH3 is 1. The van der Waals surface area contributed by atoms with Crippen LogP contribution in [0.2, 0.25) is 0 Å². The summed E-state index contributed by atoms with van der Waals surface area (Å²) in [6.07, 6.45) is 0. The molecule has 0 fully saturated rings. The van der Waals surface area contributed by atoms with E-state index in [9.17, 15) is 9.59 Å². The molecule has 0 saturated carbocycles. The zero-order valence-corrected chi connectivity index (χ0v) is 9.16. The van der Waals surface area contributed by atoms with Crippen molar-refractivity contribution in [3.63, 3.8) is 0 Å². The fourth-order valence-corrected chi connectivity index (χ4v) is 1.13. The maximum atomic E-state index is 11.1. The number of hydrogen-bond donors (Lipinski definition) is 1. The summed E-state index contributed by atoms with van der Waals surface area (Å²) in [5.41, 5.74) is 0. The Morgan fingerprint density at radius 2 is 2.07 bits per heavy atom. The van der Waals surface area contributed by atoms with Gasteiger partial charge in [-0.15, -0.1) is 0 Å². The highest BCUT2D eigenvalue weighted by Gasteiger charge is 2.16. The van der Waals surface area contributed by atoms with Crippen molar-refractivity contribution in [2.45, 2.75) is 6.92 Å². The maximum absolute atomic E-state index is 11.1. The molecule has 0 aliphatic heterocycles. The molecule has 0 saturated heterocycles. The van der Waals surface area contributed by atoms with Crippen LogP contribution in [0.25, 0.3) is 0 Å². The second-order valence-corrected chi connectivity index (χ2v) is 3.29. The minimum atomic E-state index is -0.256. The molecule has 82 valence electrons. The molecule has 1 N–H and O–H groups in total. The molecule has 14 heavy (non-hydrogen) atoms. The number of carbonyl (C=O) groups excluding carboxylic acids is 2. The molecule has 0 aliphatic rings. The van der Waals surface area contributed by atoms with E-state index in [0.717, 1.165) is 0 Å². The van der Waals surface area contributed by atoms with Gasteiger partial charge < -0.3 is 10.1 Å². The van der Waals surface area contributed by atoms with E-state index in [0.29, 0.717) is 6.54 Å². The molecular formula is C9H18N2O3. The second-order valence-electron chi connectivity index (χ2n) is 3.29. The molecule has 0 aromatic carbocycles. The van der Waals surface area contributed by atoms with Gasteiger partial charge in [0, 0.05) is 13.6 Å². The first kappa shape index (κ1) is 12.9. The third kappa shape index (κ3) is 4.81. The van der Waals surface area contributed by atoms with Crippen molar-refractivity contribution in [3.8, 4) is 0 Å². The fourth-order valence-electron chi connectivity index (χ4n) is 1.13. The van der Waals surface area contributed by atoms with E-state index < -0.39 is 0 Å². The van der Waals surface area contributed by atoms with Crippen molar-refractivity contribution in [3.05, 3.63) is 0 Å². The number of esters is 1. The first-order chi connectivity index (χ1) is 6.51. The van der Waals surface area contributed by atoms with Crippen LogP contribution in [0.5, 0.6) is 0 Å². The highest BCUT2D eigenvalue weighted by molar-refractivity contribution is 5.77. The molecule has 5 heteroatoms. The summed E-state index contributed by atoms with van der Waals surface area (Å²) in [6.45, 7) is 2.57. The molecule has 5 nitrogen and oxygen atoms in total. The lowest BCUT2D eigenvalue weighted by atomic mass is 10.2. The van der Waals surface area contributed by atoms with E-state index in [1.54, 1.807) is 25.9 Å². The molecule has 0 bridgehead atoms. The Hall–Kier alpha value is -1.10. The molecule has 0 spiro atoms. The number of hydrogen-bond acceptors (Lipinski definition) is 4. The van der Waals surface area contributed by atoms with Gasteiger partial charge in [0.05, 0.1) is 19.6 Å². The summed E-state index contributed by atoms with van der Waals surface area (Å²) in [5, 5.41) is 2.52. The van der Waals surface area contributed by atoms with E-state index >= 15 is 0 Å². The highest BCUT2D eigenvalue weighted by Crippen LogP contribution is 1.99. The van der Waals surface area contributed by atoms with Gasteiger partial charge in [-0.05, 0) is 7.05 Å². The number of rotatable bonds is 5. The lowest BCUT2D eigenvalue weighted by Crippen LogP contribution is -2.37. The lowest BCUT2D eigenvalue weighted by molar-refractivity contribution is -0.145. The number of ether oxygens (including phenoxy) is 1. The van der Waals surface area contributed by atoms with E-state index in [1.165, 1.54) is 7.11 Å². The van der Waals surface area contributed by atoms with Crippen LogP contribution in [0.3, 0.4) is 0 Å². The van der Waals surface area contributed by atoms with Crippen molar-refractivity contribution >= 4 is 11.9 Å². The number of carbonyl (C=O) groups is 2. The highest BCUT2D eigenvalue weighted by atomic mass is 16.5. The molecule has 1 amide bonds. The number of amides is 1. The average Bonchev–Trinajstić information content (AvgIpc) is 2.15. The van der Waals surface area contributed by atoms with Gasteiger partial charge in [0.1, 0.15) is 0 Å². The predicted octanol–water partition coefficient (Wildman–Crippen LogP) is -0.527. The second kappa shape index (κ2) is 6.37. The number of nitrogens with one attached hydrogen (secondary N) is 1. The fraction of sp³-hybridized carbons (Fsp3) is 0.778. The quantitative estimate of drug-likeness (QED) is 0.609. The largest absolute Gasteiger partial charge is 0.469 e. The summed E-state index contributed by atoms with van der Waals surface area (Å²) in [4.78, 5) is 23.8. The molecule has 0 radical (unpaired) electrons. The van der Waals surface area contributed by atoms with Crippen molar-refractivity contribution < 1.29 is 14.3 Å². The Kier molecular flexibility index (Phi) is 5.87. The monoisotopic (exact) mass is 202 g/mol. The first-order valence-electron chi connectivity index (χ1n) is 4.48. The Labute approximate surface area is 84.4 Å². The third-order valence-electron chi connectivity index (χ3n) is 1.88. The standard InChI is InChI=1S/C9H18N2O3/c1-7(9(13)14-4)5-11(3)6-8(12)10-2/h7H,5-6H2,1-4H3,(H,10,12). The summed E-state index contributed by atoms with van der Waals surface area (Å²) >= 11 is 0. The van der Waals surface area contributed by atoms with Crippen LogP contribution in [0.4, 0.5) is 0 Å². The van der Waals surface area contributed by atoms with Gasteiger partial charge in [-0.3, -0.25) is 14.5 Å². The molecule has 1 atom stereocenters. The first-order valence-corrected chi connectivity index (χ1v) is 4.48. The number of nitrogens with zero attached hydrogens (tertiary/aromatic N) is 1. The summed E-state index contributed by atoms with van der Waals surface area (Å²) in [7, 11) is 4.73.